The molecule has 7 atom stereocenters. The number of hydrogen-bond donors (Lipinski definition) is 3. The molecule has 3 N–H and O–H groups in total. The molecule has 8 nitrogen and oxygen atoms in total. The number of amides is 3. The first-order valence-corrected chi connectivity index (χ1v) is 13.1. The number of aliphatic hydroxyl groups is 1. The van der Waals surface area contributed by atoms with Gasteiger partial charge in [-0.25, -0.2) is 0 Å². The number of rotatable bonds is 10. The molecule has 2 bridgehead atoms. The van der Waals surface area contributed by atoms with E-state index in [-0.39, 0.29) is 29.2 Å². The minimum atomic E-state index is -1.11. The summed E-state index contributed by atoms with van der Waals surface area (Å²) in [4.78, 5) is 41.8. The van der Waals surface area contributed by atoms with Crippen LogP contribution in [0.5, 0.6) is 0 Å². The Kier molecular flexibility index (Phi) is 7.64. The lowest BCUT2D eigenvalue weighted by molar-refractivity contribution is -0.145. The third-order valence-corrected chi connectivity index (χ3v) is 8.37. The average molecular weight is 536 g/mol. The summed E-state index contributed by atoms with van der Waals surface area (Å²) in [5.41, 5.74) is -0.149. The van der Waals surface area contributed by atoms with Crippen molar-refractivity contribution in [2.75, 3.05) is 20.2 Å². The summed E-state index contributed by atoms with van der Waals surface area (Å²) in [7, 11) is 1.55. The standard InChI is InChI=1S/C25H34BrN3O5/c1-3-4-8-11-28-23(32)21-25-13-17(26)20(34-25)18(22(31)27-2)19(25)24(33)29(21)16(14-30)12-15-9-6-5-7-10-15/h5-7,9-10,16-21,30H,3-4,8,11-14H2,1-2H3,(H,27,31)(H,28,32)/t16-,17?,18-,19+,20-,21?,25?/m1/s1. The van der Waals surface area contributed by atoms with Crippen molar-refractivity contribution in [2.24, 2.45) is 11.8 Å². The predicted octanol–water partition coefficient (Wildman–Crippen LogP) is 1.39. The zero-order chi connectivity index (χ0) is 24.5. The highest BCUT2D eigenvalue weighted by molar-refractivity contribution is 9.09. The van der Waals surface area contributed by atoms with Gasteiger partial charge in [0.15, 0.2) is 0 Å². The molecule has 1 spiro atoms. The summed E-state index contributed by atoms with van der Waals surface area (Å²) in [6.07, 6.45) is 3.25. The van der Waals surface area contributed by atoms with Crippen molar-refractivity contribution in [3.8, 4) is 0 Å². The van der Waals surface area contributed by atoms with Crippen LogP contribution >= 0.6 is 15.9 Å². The number of likely N-dealkylation sites (tertiary alicyclic amines) is 1. The molecule has 0 radical (unpaired) electrons. The Labute approximate surface area is 208 Å². The van der Waals surface area contributed by atoms with Gasteiger partial charge in [0.25, 0.3) is 0 Å². The van der Waals surface area contributed by atoms with Gasteiger partial charge in [-0.2, -0.15) is 0 Å². The van der Waals surface area contributed by atoms with E-state index in [1.54, 1.807) is 7.05 Å². The predicted molar refractivity (Wildman–Crippen MR) is 130 cm³/mol. The minimum Gasteiger partial charge on any atom is -0.394 e. The Balaban J connectivity index is 1.71. The highest BCUT2D eigenvalue weighted by Crippen LogP contribution is 2.60. The summed E-state index contributed by atoms with van der Waals surface area (Å²) in [5, 5.41) is 16.0. The van der Waals surface area contributed by atoms with E-state index in [4.69, 9.17) is 4.74 Å². The summed E-state index contributed by atoms with van der Waals surface area (Å²) in [6.45, 7) is 2.31. The third kappa shape index (κ3) is 4.16. The molecule has 0 saturated carbocycles. The lowest BCUT2D eigenvalue weighted by atomic mass is 9.70. The van der Waals surface area contributed by atoms with Crippen molar-refractivity contribution < 1.29 is 24.2 Å². The van der Waals surface area contributed by atoms with Crippen molar-refractivity contribution in [2.45, 2.75) is 67.6 Å². The molecule has 3 fully saturated rings. The number of carbonyl (C=O) groups excluding carboxylic acids is 3. The number of nitrogens with one attached hydrogen (secondary N) is 2. The van der Waals surface area contributed by atoms with Crippen molar-refractivity contribution in [3.05, 3.63) is 35.9 Å². The highest BCUT2D eigenvalue weighted by atomic mass is 79.9. The van der Waals surface area contributed by atoms with Gasteiger partial charge in [0, 0.05) is 18.4 Å². The highest BCUT2D eigenvalue weighted by Gasteiger charge is 2.76. The fourth-order valence-electron chi connectivity index (χ4n) is 6.05. The minimum absolute atomic E-state index is 0.143. The molecule has 3 aliphatic heterocycles. The summed E-state index contributed by atoms with van der Waals surface area (Å²) in [5.74, 6) is -2.29. The second kappa shape index (κ2) is 10.3. The first-order chi connectivity index (χ1) is 16.4. The number of fused-ring (bicyclic) bond motifs is 1. The molecule has 1 aromatic rings. The maximum atomic E-state index is 14.0. The number of alkyl halides is 1. The lowest BCUT2D eigenvalue weighted by Gasteiger charge is -2.37. The fourth-order valence-corrected chi connectivity index (χ4v) is 6.99. The topological polar surface area (TPSA) is 108 Å². The van der Waals surface area contributed by atoms with Crippen LogP contribution in [0.3, 0.4) is 0 Å². The maximum Gasteiger partial charge on any atom is 0.245 e. The molecule has 34 heavy (non-hydrogen) atoms. The van der Waals surface area contributed by atoms with Gasteiger partial charge in [-0.15, -0.1) is 0 Å². The van der Waals surface area contributed by atoms with Crippen LogP contribution in [0, 0.1) is 11.8 Å². The molecular weight excluding hydrogens is 502 g/mol. The van der Waals surface area contributed by atoms with E-state index in [1.165, 1.54) is 4.90 Å². The Morgan fingerprint density at radius 1 is 1.26 bits per heavy atom. The van der Waals surface area contributed by atoms with E-state index in [0.29, 0.717) is 19.4 Å². The van der Waals surface area contributed by atoms with Gasteiger partial charge in [0.1, 0.15) is 11.6 Å². The number of carbonyl (C=O) groups is 3. The van der Waals surface area contributed by atoms with Crippen LogP contribution < -0.4 is 10.6 Å². The van der Waals surface area contributed by atoms with E-state index < -0.39 is 35.6 Å². The number of aliphatic hydroxyl groups excluding tert-OH is 1. The van der Waals surface area contributed by atoms with Gasteiger partial charge in [-0.1, -0.05) is 66.0 Å². The van der Waals surface area contributed by atoms with E-state index >= 15 is 0 Å². The lowest BCUT2D eigenvalue weighted by Crippen LogP contribution is -2.58. The van der Waals surface area contributed by atoms with Gasteiger partial charge in [-0.05, 0) is 24.8 Å². The van der Waals surface area contributed by atoms with Crippen LogP contribution in [0.1, 0.15) is 38.2 Å². The largest absolute Gasteiger partial charge is 0.394 e. The van der Waals surface area contributed by atoms with Gasteiger partial charge in [0.2, 0.25) is 17.7 Å². The zero-order valence-corrected chi connectivity index (χ0v) is 21.3. The molecule has 3 aliphatic rings. The van der Waals surface area contributed by atoms with E-state index in [2.05, 4.69) is 33.5 Å². The molecule has 3 heterocycles. The monoisotopic (exact) mass is 535 g/mol. The van der Waals surface area contributed by atoms with Crippen LogP contribution in [-0.2, 0) is 25.5 Å². The SMILES string of the molecule is CCCCCNC(=O)C1N([C@@H](CO)Cc2ccccc2)C(=O)[C@@H]2[C@@H](C(=O)NC)[C@@H]3OC12CC3Br. The van der Waals surface area contributed by atoms with Crippen molar-refractivity contribution >= 4 is 33.7 Å². The smallest absolute Gasteiger partial charge is 0.245 e. The average Bonchev–Trinajstić information content (AvgIpc) is 3.43. The zero-order valence-electron chi connectivity index (χ0n) is 19.7. The van der Waals surface area contributed by atoms with Crippen LogP contribution in [-0.4, -0.2) is 76.5 Å². The Hall–Kier alpha value is -1.97. The van der Waals surface area contributed by atoms with Crippen LogP contribution in [0.25, 0.3) is 0 Å². The summed E-state index contributed by atoms with van der Waals surface area (Å²) >= 11 is 3.65. The number of halogens is 1. The van der Waals surface area contributed by atoms with E-state index in [9.17, 15) is 19.5 Å². The second-order valence-corrected chi connectivity index (χ2v) is 10.7. The van der Waals surface area contributed by atoms with Crippen LogP contribution in [0.4, 0.5) is 0 Å². The first-order valence-electron chi connectivity index (χ1n) is 12.2. The van der Waals surface area contributed by atoms with E-state index in [0.717, 1.165) is 24.8 Å². The maximum absolute atomic E-state index is 14.0. The fraction of sp³-hybridized carbons (Fsp3) is 0.640. The Morgan fingerprint density at radius 2 is 2.00 bits per heavy atom. The third-order valence-electron chi connectivity index (χ3n) is 7.52. The molecule has 3 amide bonds. The molecule has 9 heteroatoms. The Bertz CT molecular complexity index is 915. The van der Waals surface area contributed by atoms with Crippen molar-refractivity contribution in [1.29, 1.82) is 0 Å². The molecule has 4 rings (SSSR count). The van der Waals surface area contributed by atoms with Gasteiger partial charge in [-0.3, -0.25) is 14.4 Å². The van der Waals surface area contributed by atoms with Gasteiger partial charge < -0.3 is 25.4 Å². The molecule has 1 aromatic carbocycles. The number of nitrogens with zero attached hydrogens (tertiary/aromatic N) is 1. The quantitative estimate of drug-likeness (QED) is 0.310. The Morgan fingerprint density at radius 3 is 2.65 bits per heavy atom. The number of ether oxygens (including phenoxy) is 1. The molecule has 0 aromatic heterocycles. The second-order valence-electron chi connectivity index (χ2n) is 9.55. The molecule has 0 aliphatic carbocycles. The van der Waals surface area contributed by atoms with Crippen LogP contribution in [0.2, 0.25) is 0 Å². The number of benzene rings is 1. The van der Waals surface area contributed by atoms with Crippen molar-refractivity contribution in [3.63, 3.8) is 0 Å². The molecule has 3 saturated heterocycles. The van der Waals surface area contributed by atoms with Gasteiger partial charge in [0.05, 0.1) is 30.6 Å². The normalized spacial score (nSPS) is 32.5. The number of unbranched alkanes of at least 4 members (excludes halogenated alkanes) is 2. The number of hydrogen-bond acceptors (Lipinski definition) is 5. The van der Waals surface area contributed by atoms with Crippen molar-refractivity contribution in [1.82, 2.24) is 15.5 Å². The molecular formula is C25H34BrN3O5. The van der Waals surface area contributed by atoms with Gasteiger partial charge >= 0.3 is 0 Å². The summed E-state index contributed by atoms with van der Waals surface area (Å²) in [6, 6.07) is 8.07. The first kappa shape index (κ1) is 25.1. The molecule has 186 valence electrons. The molecule has 3 unspecified atom stereocenters. The van der Waals surface area contributed by atoms with Crippen LogP contribution in [0.15, 0.2) is 30.3 Å². The van der Waals surface area contributed by atoms with E-state index in [1.807, 2.05) is 30.3 Å². The summed E-state index contributed by atoms with van der Waals surface area (Å²) < 4.78 is 6.43.